The number of nitrogens with one attached hydrogen (secondary N) is 2. The van der Waals surface area contributed by atoms with Gasteiger partial charge < -0.3 is 24.5 Å². The van der Waals surface area contributed by atoms with E-state index in [1.54, 1.807) is 51.3 Å². The smallest absolute Gasteiger partial charge is 0.239 e. The number of hydrogen-bond donors (Lipinski definition) is 2. The Morgan fingerprint density at radius 2 is 1.88 bits per heavy atom. The van der Waals surface area contributed by atoms with E-state index in [4.69, 9.17) is 13.9 Å². The lowest BCUT2D eigenvalue weighted by molar-refractivity contribution is -0.138. The molecular formula is C18H22N2O5. The van der Waals surface area contributed by atoms with E-state index >= 15 is 0 Å². The first kappa shape index (κ1) is 18.4. The van der Waals surface area contributed by atoms with Crippen LogP contribution in [-0.4, -0.2) is 26.0 Å². The number of furan rings is 1. The molecule has 134 valence electrons. The Hall–Kier alpha value is -2.96. The minimum atomic E-state index is -1.28. The molecule has 2 N–H and O–H groups in total. The van der Waals surface area contributed by atoms with Gasteiger partial charge in [-0.25, -0.2) is 0 Å². The van der Waals surface area contributed by atoms with Crippen LogP contribution in [0, 0.1) is 5.41 Å². The number of carbonyl (C=O) groups is 2. The number of carbonyl (C=O) groups excluding carboxylic acids is 2. The maximum atomic E-state index is 12.6. The monoisotopic (exact) mass is 346 g/mol. The third-order valence-corrected chi connectivity index (χ3v) is 3.80. The minimum Gasteiger partial charge on any atom is -0.497 e. The van der Waals surface area contributed by atoms with Crippen molar-refractivity contribution in [2.45, 2.75) is 20.4 Å². The number of anilines is 1. The predicted octanol–water partition coefficient (Wildman–Crippen LogP) is 2.58. The second kappa shape index (κ2) is 7.74. The van der Waals surface area contributed by atoms with E-state index in [1.807, 2.05) is 0 Å². The summed E-state index contributed by atoms with van der Waals surface area (Å²) in [4.78, 5) is 25.0. The molecule has 1 aromatic heterocycles. The fraction of sp³-hybridized carbons (Fsp3) is 0.333. The molecule has 0 aliphatic rings. The van der Waals surface area contributed by atoms with Gasteiger partial charge in [0.25, 0.3) is 0 Å². The van der Waals surface area contributed by atoms with Crippen molar-refractivity contribution in [2.24, 2.45) is 5.41 Å². The molecule has 0 unspecified atom stereocenters. The summed E-state index contributed by atoms with van der Waals surface area (Å²) in [5.74, 6) is 0.799. The molecule has 0 saturated heterocycles. The van der Waals surface area contributed by atoms with Gasteiger partial charge in [-0.15, -0.1) is 0 Å². The Balaban J connectivity index is 2.06. The Kier molecular flexibility index (Phi) is 5.69. The van der Waals surface area contributed by atoms with Crippen LogP contribution in [0.2, 0.25) is 0 Å². The van der Waals surface area contributed by atoms with Crippen LogP contribution in [0.15, 0.2) is 41.0 Å². The molecule has 0 atom stereocenters. The second-order valence-electron chi connectivity index (χ2n) is 5.91. The first-order chi connectivity index (χ1) is 11.9. The minimum absolute atomic E-state index is 0.217. The number of amides is 2. The standard InChI is InChI=1S/C18H22N2O5/c1-18(2,16(21)19-11-13-6-5-9-25-13)17(22)20-14-8-7-12(23-3)10-15(14)24-4/h5-10H,11H2,1-4H3,(H,19,21)(H,20,22). The van der Waals surface area contributed by atoms with Crippen LogP contribution in [0.25, 0.3) is 0 Å². The van der Waals surface area contributed by atoms with Crippen LogP contribution in [0.4, 0.5) is 5.69 Å². The summed E-state index contributed by atoms with van der Waals surface area (Å²) in [5, 5.41) is 5.42. The lowest BCUT2D eigenvalue weighted by atomic mass is 9.91. The van der Waals surface area contributed by atoms with Crippen LogP contribution >= 0.6 is 0 Å². The fourth-order valence-corrected chi connectivity index (χ4v) is 2.08. The van der Waals surface area contributed by atoms with Crippen molar-refractivity contribution < 1.29 is 23.5 Å². The van der Waals surface area contributed by atoms with Crippen molar-refractivity contribution in [3.8, 4) is 11.5 Å². The van der Waals surface area contributed by atoms with Crippen LogP contribution in [0.3, 0.4) is 0 Å². The lowest BCUT2D eigenvalue weighted by Crippen LogP contribution is -2.44. The zero-order valence-corrected chi connectivity index (χ0v) is 14.7. The molecule has 0 aliphatic heterocycles. The lowest BCUT2D eigenvalue weighted by Gasteiger charge is -2.23. The Morgan fingerprint density at radius 3 is 2.48 bits per heavy atom. The molecule has 7 heteroatoms. The van der Waals surface area contributed by atoms with E-state index in [9.17, 15) is 9.59 Å². The molecule has 0 spiro atoms. The number of rotatable bonds is 7. The number of ether oxygens (including phenoxy) is 2. The molecule has 1 heterocycles. The van der Waals surface area contributed by atoms with Gasteiger partial charge in [0.05, 0.1) is 32.7 Å². The molecule has 2 rings (SSSR count). The summed E-state index contributed by atoms with van der Waals surface area (Å²) >= 11 is 0. The molecule has 0 saturated carbocycles. The van der Waals surface area contributed by atoms with Crippen LogP contribution < -0.4 is 20.1 Å². The third-order valence-electron chi connectivity index (χ3n) is 3.80. The normalized spacial score (nSPS) is 10.9. The highest BCUT2D eigenvalue weighted by Crippen LogP contribution is 2.30. The summed E-state index contributed by atoms with van der Waals surface area (Å²) < 4.78 is 15.5. The fourth-order valence-electron chi connectivity index (χ4n) is 2.08. The van der Waals surface area contributed by atoms with Gasteiger partial charge in [-0.3, -0.25) is 9.59 Å². The molecular weight excluding hydrogens is 324 g/mol. The van der Waals surface area contributed by atoms with Gasteiger partial charge in [0.1, 0.15) is 22.7 Å². The maximum absolute atomic E-state index is 12.6. The molecule has 0 fully saturated rings. The Bertz CT molecular complexity index is 738. The van der Waals surface area contributed by atoms with Gasteiger partial charge in [0.15, 0.2) is 0 Å². The maximum Gasteiger partial charge on any atom is 0.239 e. The molecule has 7 nitrogen and oxygen atoms in total. The van der Waals surface area contributed by atoms with Gasteiger partial charge in [-0.1, -0.05) is 0 Å². The van der Waals surface area contributed by atoms with Gasteiger partial charge in [0.2, 0.25) is 11.8 Å². The SMILES string of the molecule is COc1ccc(NC(=O)C(C)(C)C(=O)NCc2ccco2)c(OC)c1. The summed E-state index contributed by atoms with van der Waals surface area (Å²) in [5.41, 5.74) is -0.822. The molecule has 0 radical (unpaired) electrons. The van der Waals surface area contributed by atoms with Crippen LogP contribution in [0.5, 0.6) is 11.5 Å². The largest absolute Gasteiger partial charge is 0.497 e. The first-order valence-electron chi connectivity index (χ1n) is 7.72. The van der Waals surface area contributed by atoms with E-state index in [0.717, 1.165) is 0 Å². The molecule has 25 heavy (non-hydrogen) atoms. The second-order valence-corrected chi connectivity index (χ2v) is 5.91. The zero-order valence-electron chi connectivity index (χ0n) is 14.7. The molecule has 2 aromatic rings. The van der Waals surface area contributed by atoms with Gasteiger partial charge in [0, 0.05) is 6.07 Å². The van der Waals surface area contributed by atoms with E-state index < -0.39 is 17.2 Å². The number of methoxy groups -OCH3 is 2. The Labute approximate surface area is 146 Å². The van der Waals surface area contributed by atoms with Crippen LogP contribution in [-0.2, 0) is 16.1 Å². The van der Waals surface area contributed by atoms with Gasteiger partial charge in [-0.05, 0) is 38.1 Å². The van der Waals surface area contributed by atoms with E-state index in [2.05, 4.69) is 10.6 Å². The van der Waals surface area contributed by atoms with Crippen molar-refractivity contribution >= 4 is 17.5 Å². The highest BCUT2D eigenvalue weighted by molar-refractivity contribution is 6.10. The highest BCUT2D eigenvalue weighted by atomic mass is 16.5. The number of hydrogen-bond acceptors (Lipinski definition) is 5. The molecule has 1 aromatic carbocycles. The average molecular weight is 346 g/mol. The van der Waals surface area contributed by atoms with Crippen molar-refractivity contribution in [1.29, 1.82) is 0 Å². The third kappa shape index (κ3) is 4.32. The molecule has 0 bridgehead atoms. The highest BCUT2D eigenvalue weighted by Gasteiger charge is 2.36. The topological polar surface area (TPSA) is 89.8 Å². The van der Waals surface area contributed by atoms with Crippen molar-refractivity contribution in [3.63, 3.8) is 0 Å². The summed E-state index contributed by atoms with van der Waals surface area (Å²) in [7, 11) is 3.03. The number of benzene rings is 1. The van der Waals surface area contributed by atoms with E-state index in [1.165, 1.54) is 13.4 Å². The van der Waals surface area contributed by atoms with E-state index in [-0.39, 0.29) is 6.54 Å². The molecule has 2 amide bonds. The predicted molar refractivity (Wildman–Crippen MR) is 92.5 cm³/mol. The quantitative estimate of drug-likeness (QED) is 0.752. The van der Waals surface area contributed by atoms with Crippen molar-refractivity contribution in [2.75, 3.05) is 19.5 Å². The zero-order chi connectivity index (χ0) is 18.4. The summed E-state index contributed by atoms with van der Waals surface area (Å²) in [6, 6.07) is 8.49. The summed E-state index contributed by atoms with van der Waals surface area (Å²) in [6.45, 7) is 3.32. The Morgan fingerprint density at radius 1 is 1.12 bits per heavy atom. The average Bonchev–Trinajstić information content (AvgIpc) is 3.13. The van der Waals surface area contributed by atoms with Gasteiger partial charge in [-0.2, -0.15) is 0 Å². The van der Waals surface area contributed by atoms with E-state index in [0.29, 0.717) is 22.9 Å². The van der Waals surface area contributed by atoms with Crippen molar-refractivity contribution in [3.05, 3.63) is 42.4 Å². The van der Waals surface area contributed by atoms with Crippen molar-refractivity contribution in [1.82, 2.24) is 5.32 Å². The first-order valence-corrected chi connectivity index (χ1v) is 7.72. The summed E-state index contributed by atoms with van der Waals surface area (Å²) in [6.07, 6.45) is 1.52. The van der Waals surface area contributed by atoms with Gasteiger partial charge >= 0.3 is 0 Å². The molecule has 0 aliphatic carbocycles. The van der Waals surface area contributed by atoms with Crippen LogP contribution in [0.1, 0.15) is 19.6 Å².